The molecule has 1 aromatic heterocycles. The van der Waals surface area contributed by atoms with Crippen LogP contribution in [0.25, 0.3) is 22.3 Å². The smallest absolute Gasteiger partial charge is 0.197 e. The van der Waals surface area contributed by atoms with Gasteiger partial charge in [-0.1, -0.05) is 44.5 Å². The Bertz CT molecular complexity index is 1310. The van der Waals surface area contributed by atoms with Crippen molar-refractivity contribution in [3.8, 4) is 22.8 Å². The number of halogens is 1. The molecule has 1 fully saturated rings. The molecule has 8 heteroatoms. The van der Waals surface area contributed by atoms with Gasteiger partial charge in [-0.25, -0.2) is 0 Å². The maximum absolute atomic E-state index is 13.2. The predicted molar refractivity (Wildman–Crippen MR) is 143 cm³/mol. The number of rotatable bonds is 4. The van der Waals surface area contributed by atoms with Crippen molar-refractivity contribution in [1.29, 1.82) is 0 Å². The third kappa shape index (κ3) is 4.87. The monoisotopic (exact) mass is 515 g/mol. The summed E-state index contributed by atoms with van der Waals surface area (Å²) in [6, 6.07) is 9.69. The fourth-order valence-corrected chi connectivity index (χ4v) is 6.13. The molecule has 4 rings (SSSR count). The molecule has 0 saturated carbocycles. The fourth-order valence-electron chi connectivity index (χ4n) is 4.55. The van der Waals surface area contributed by atoms with Crippen molar-refractivity contribution in [2.45, 2.75) is 57.3 Å². The van der Waals surface area contributed by atoms with E-state index in [4.69, 9.17) is 20.4 Å². The van der Waals surface area contributed by atoms with E-state index in [-0.39, 0.29) is 45.3 Å². The predicted octanol–water partition coefficient (Wildman–Crippen LogP) is 6.33. The summed E-state index contributed by atoms with van der Waals surface area (Å²) in [6.07, 6.45) is 0.506. The van der Waals surface area contributed by atoms with Gasteiger partial charge in [0.15, 0.2) is 13.7 Å². The van der Waals surface area contributed by atoms with E-state index >= 15 is 0 Å². The number of likely N-dealkylation sites (tertiary alicyclic amines) is 1. The first-order valence-corrected chi connectivity index (χ1v) is 15.2. The molecule has 1 saturated heterocycles. The molecule has 3 aromatic rings. The molecule has 35 heavy (non-hydrogen) atoms. The molecule has 0 radical (unpaired) electrons. The quantitative estimate of drug-likeness (QED) is 0.395. The van der Waals surface area contributed by atoms with Crippen molar-refractivity contribution >= 4 is 30.9 Å². The second-order valence-electron chi connectivity index (χ2n) is 11.1. The van der Waals surface area contributed by atoms with Crippen molar-refractivity contribution in [2.75, 3.05) is 20.1 Å². The van der Waals surface area contributed by atoms with Crippen LogP contribution >= 0.6 is 11.6 Å². The zero-order valence-corrected chi connectivity index (χ0v) is 22.9. The number of piperidine rings is 1. The Labute approximate surface area is 212 Å². The minimum absolute atomic E-state index is 0.0103. The molecule has 2 aromatic carbocycles. The molecule has 0 unspecified atom stereocenters. The third-order valence-corrected chi connectivity index (χ3v) is 12.4. The Morgan fingerprint density at radius 2 is 1.83 bits per heavy atom. The van der Waals surface area contributed by atoms with Crippen LogP contribution in [-0.2, 0) is 4.43 Å². The summed E-state index contributed by atoms with van der Waals surface area (Å²) in [5, 5.41) is 22.2. The SMILES string of the molecule is CN1CC[C@H](c2c(O)cc(O)c3c(=O)cc(-c4ccccc4Cl)oc23)[C@H](O[Si](C)(C)C(C)(C)C)C1. The van der Waals surface area contributed by atoms with Crippen LogP contribution in [0.1, 0.15) is 38.7 Å². The summed E-state index contributed by atoms with van der Waals surface area (Å²) in [5.74, 6) is -0.342. The molecule has 0 amide bonds. The highest BCUT2D eigenvalue weighted by molar-refractivity contribution is 6.74. The lowest BCUT2D eigenvalue weighted by atomic mass is 9.85. The average molecular weight is 516 g/mol. The number of hydrogen-bond acceptors (Lipinski definition) is 6. The molecule has 0 bridgehead atoms. The first kappa shape index (κ1) is 25.8. The summed E-state index contributed by atoms with van der Waals surface area (Å²) in [7, 11) is -0.0836. The van der Waals surface area contributed by atoms with Gasteiger partial charge in [0.25, 0.3) is 0 Å². The second kappa shape index (κ2) is 9.28. The molecular weight excluding hydrogens is 482 g/mol. The summed E-state index contributed by atoms with van der Waals surface area (Å²) >= 11 is 6.39. The van der Waals surface area contributed by atoms with E-state index in [2.05, 4.69) is 45.8 Å². The first-order chi connectivity index (χ1) is 16.3. The zero-order valence-electron chi connectivity index (χ0n) is 21.2. The van der Waals surface area contributed by atoms with Crippen molar-refractivity contribution < 1.29 is 19.1 Å². The van der Waals surface area contributed by atoms with Gasteiger partial charge in [0.2, 0.25) is 0 Å². The van der Waals surface area contributed by atoms with Gasteiger partial charge in [0.1, 0.15) is 28.2 Å². The van der Waals surface area contributed by atoms with Crippen LogP contribution < -0.4 is 5.43 Å². The number of fused-ring (bicyclic) bond motifs is 1. The van der Waals surface area contributed by atoms with Gasteiger partial charge in [-0.2, -0.15) is 0 Å². The van der Waals surface area contributed by atoms with Gasteiger partial charge in [-0.05, 0) is 50.3 Å². The molecule has 2 heterocycles. The van der Waals surface area contributed by atoms with E-state index in [0.29, 0.717) is 29.1 Å². The Balaban J connectivity index is 1.93. The maximum atomic E-state index is 13.2. The van der Waals surface area contributed by atoms with Crippen LogP contribution in [-0.4, -0.2) is 49.7 Å². The second-order valence-corrected chi connectivity index (χ2v) is 16.2. The van der Waals surface area contributed by atoms with Crippen LogP contribution in [0.4, 0.5) is 0 Å². The number of hydrogen-bond donors (Lipinski definition) is 2. The molecule has 0 spiro atoms. The van der Waals surface area contributed by atoms with E-state index in [1.54, 1.807) is 18.2 Å². The van der Waals surface area contributed by atoms with Crippen molar-refractivity contribution in [3.63, 3.8) is 0 Å². The topological polar surface area (TPSA) is 83.1 Å². The Morgan fingerprint density at radius 3 is 2.49 bits per heavy atom. The minimum atomic E-state index is -2.14. The Hall–Kier alpha value is -2.32. The maximum Gasteiger partial charge on any atom is 0.197 e. The summed E-state index contributed by atoms with van der Waals surface area (Å²) in [4.78, 5) is 15.4. The normalized spacial score (nSPS) is 19.9. The number of phenols is 2. The van der Waals surface area contributed by atoms with Gasteiger partial charge >= 0.3 is 0 Å². The molecule has 1 aliphatic heterocycles. The largest absolute Gasteiger partial charge is 0.507 e. The van der Waals surface area contributed by atoms with Gasteiger partial charge in [-0.15, -0.1) is 0 Å². The van der Waals surface area contributed by atoms with E-state index in [9.17, 15) is 15.0 Å². The first-order valence-electron chi connectivity index (χ1n) is 11.9. The van der Waals surface area contributed by atoms with Crippen LogP contribution in [0.15, 0.2) is 45.6 Å². The number of phenolic OH excluding ortho intramolecular Hbond substituents is 2. The fraction of sp³-hybridized carbons (Fsp3) is 0.444. The van der Waals surface area contributed by atoms with Gasteiger partial charge in [-0.3, -0.25) is 4.79 Å². The molecule has 1 aliphatic rings. The van der Waals surface area contributed by atoms with Crippen LogP contribution in [0, 0.1) is 0 Å². The third-order valence-electron chi connectivity index (χ3n) is 7.52. The summed E-state index contributed by atoms with van der Waals surface area (Å²) in [6.45, 7) is 12.5. The number of nitrogens with zero attached hydrogens (tertiary/aromatic N) is 1. The highest BCUT2D eigenvalue weighted by Gasteiger charge is 2.43. The number of aromatic hydroxyl groups is 2. The minimum Gasteiger partial charge on any atom is -0.507 e. The molecular formula is C27H34ClNO5Si. The van der Waals surface area contributed by atoms with E-state index in [1.165, 1.54) is 12.1 Å². The molecule has 0 aliphatic carbocycles. The highest BCUT2D eigenvalue weighted by atomic mass is 35.5. The summed E-state index contributed by atoms with van der Waals surface area (Å²) < 4.78 is 13.1. The lowest BCUT2D eigenvalue weighted by Crippen LogP contribution is -2.51. The van der Waals surface area contributed by atoms with Crippen molar-refractivity contribution in [2.24, 2.45) is 0 Å². The van der Waals surface area contributed by atoms with Crippen LogP contribution in [0.2, 0.25) is 23.2 Å². The van der Waals surface area contributed by atoms with Gasteiger partial charge < -0.3 is 24.0 Å². The highest BCUT2D eigenvalue weighted by Crippen LogP contribution is 2.46. The Kier molecular flexibility index (Phi) is 6.83. The summed E-state index contributed by atoms with van der Waals surface area (Å²) in [5.41, 5.74) is 0.859. The number of likely N-dealkylation sites (N-methyl/N-ethyl adjacent to an activating group) is 1. The molecule has 188 valence electrons. The van der Waals surface area contributed by atoms with Crippen molar-refractivity contribution in [3.05, 3.63) is 57.2 Å². The lowest BCUT2D eigenvalue weighted by molar-refractivity contribution is 0.0711. The number of benzene rings is 2. The molecule has 2 atom stereocenters. The Morgan fingerprint density at radius 1 is 1.14 bits per heavy atom. The van der Waals surface area contributed by atoms with Crippen LogP contribution in [0.5, 0.6) is 11.5 Å². The van der Waals surface area contributed by atoms with Gasteiger partial charge in [0, 0.05) is 35.7 Å². The molecule has 6 nitrogen and oxygen atoms in total. The van der Waals surface area contributed by atoms with E-state index < -0.39 is 13.7 Å². The van der Waals surface area contributed by atoms with Crippen molar-refractivity contribution in [1.82, 2.24) is 4.90 Å². The van der Waals surface area contributed by atoms with Gasteiger partial charge in [0.05, 0.1) is 11.1 Å². The van der Waals surface area contributed by atoms with Crippen LogP contribution in [0.3, 0.4) is 0 Å². The lowest BCUT2D eigenvalue weighted by Gasteiger charge is -2.45. The average Bonchev–Trinajstić information content (AvgIpc) is 2.73. The van der Waals surface area contributed by atoms with E-state index in [1.807, 2.05) is 6.07 Å². The van der Waals surface area contributed by atoms with E-state index in [0.717, 1.165) is 6.54 Å². The zero-order chi connectivity index (χ0) is 25.7. The standard InChI is InChI=1S/C27H34ClNO5Si/c1-27(2,3)35(5,6)34-23-15-29(4)12-11-17(23)24-19(30)13-20(31)25-21(32)14-22(33-26(24)25)16-9-7-8-10-18(16)28/h7-10,13-14,17,23,30-31H,11-12,15H2,1-6H3/t17-,23+/m0/s1. The molecule has 2 N–H and O–H groups in total.